The lowest BCUT2D eigenvalue weighted by Crippen LogP contribution is -2.35. The van der Waals surface area contributed by atoms with E-state index < -0.39 is 24.8 Å². The predicted octanol–water partition coefficient (Wildman–Crippen LogP) is 2.14. The number of thiazole rings is 1. The maximum Gasteiger partial charge on any atom is 0.411 e. The maximum absolute atomic E-state index is 12.0. The van der Waals surface area contributed by atoms with Crippen molar-refractivity contribution in [2.45, 2.75) is 19.2 Å². The Morgan fingerprint density at radius 3 is 2.77 bits per heavy atom. The summed E-state index contributed by atoms with van der Waals surface area (Å²) in [4.78, 5) is 12.2. The van der Waals surface area contributed by atoms with E-state index in [-0.39, 0.29) is 0 Å². The third-order valence-corrected chi connectivity index (χ3v) is 3.96. The van der Waals surface area contributed by atoms with E-state index in [9.17, 15) is 18.0 Å². The molecule has 120 valence electrons. The van der Waals surface area contributed by atoms with Crippen LogP contribution in [0.15, 0.2) is 29.4 Å². The highest BCUT2D eigenvalue weighted by molar-refractivity contribution is 7.16. The zero-order valence-corrected chi connectivity index (χ0v) is 12.7. The molecule has 0 aliphatic carbocycles. The standard InChI is InChI=1S/C13H14F3N3O2S/c1-8(21-7-13(14,15)16)11(20)17-18-12-19(2)9-5-3-4-6-10(9)22-12/h3-6,8H,7H2,1-2H3,(H,17,20)/b18-12+/t8-/m0/s1. The van der Waals surface area contributed by atoms with Gasteiger partial charge in [-0.15, -0.1) is 5.10 Å². The number of para-hydroxylation sites is 1. The minimum Gasteiger partial charge on any atom is -0.359 e. The number of carbonyl (C=O) groups is 1. The van der Waals surface area contributed by atoms with Crippen LogP contribution in [0.25, 0.3) is 10.2 Å². The van der Waals surface area contributed by atoms with Crippen LogP contribution in [0.1, 0.15) is 6.92 Å². The second-order valence-electron chi connectivity index (χ2n) is 4.57. The first-order chi connectivity index (χ1) is 10.3. The van der Waals surface area contributed by atoms with Crippen molar-refractivity contribution in [3.05, 3.63) is 29.1 Å². The van der Waals surface area contributed by atoms with Crippen molar-refractivity contribution in [1.29, 1.82) is 0 Å². The smallest absolute Gasteiger partial charge is 0.359 e. The van der Waals surface area contributed by atoms with Crippen molar-refractivity contribution in [2.75, 3.05) is 6.61 Å². The second kappa shape index (κ2) is 6.49. The highest BCUT2D eigenvalue weighted by Crippen LogP contribution is 2.16. The minimum atomic E-state index is -4.47. The van der Waals surface area contributed by atoms with Crippen molar-refractivity contribution in [2.24, 2.45) is 12.1 Å². The average molecular weight is 333 g/mol. The van der Waals surface area contributed by atoms with Gasteiger partial charge in [0.15, 0.2) is 0 Å². The molecule has 1 aromatic carbocycles. The maximum atomic E-state index is 12.0. The fourth-order valence-corrected chi connectivity index (χ4v) is 2.66. The quantitative estimate of drug-likeness (QED) is 0.872. The lowest BCUT2D eigenvalue weighted by molar-refractivity contribution is -0.185. The monoisotopic (exact) mass is 333 g/mol. The molecule has 9 heteroatoms. The van der Waals surface area contributed by atoms with Crippen molar-refractivity contribution < 1.29 is 22.7 Å². The van der Waals surface area contributed by atoms with Gasteiger partial charge in [-0.25, -0.2) is 5.43 Å². The Morgan fingerprint density at radius 1 is 1.45 bits per heavy atom. The van der Waals surface area contributed by atoms with Crippen LogP contribution in [0.3, 0.4) is 0 Å². The van der Waals surface area contributed by atoms with Gasteiger partial charge < -0.3 is 9.30 Å². The summed E-state index contributed by atoms with van der Waals surface area (Å²) in [5.41, 5.74) is 3.17. The van der Waals surface area contributed by atoms with E-state index in [1.807, 2.05) is 24.3 Å². The van der Waals surface area contributed by atoms with Crippen LogP contribution in [0.4, 0.5) is 13.2 Å². The number of ether oxygens (including phenoxy) is 1. The van der Waals surface area contributed by atoms with Gasteiger partial charge in [-0.2, -0.15) is 13.2 Å². The van der Waals surface area contributed by atoms with Crippen LogP contribution in [-0.2, 0) is 16.6 Å². The van der Waals surface area contributed by atoms with E-state index in [2.05, 4.69) is 15.3 Å². The molecule has 5 nitrogen and oxygen atoms in total. The third kappa shape index (κ3) is 4.08. The van der Waals surface area contributed by atoms with E-state index in [4.69, 9.17) is 0 Å². The Bertz CT molecular complexity index is 736. The van der Waals surface area contributed by atoms with Gasteiger partial charge in [0.2, 0.25) is 4.80 Å². The number of nitrogens with one attached hydrogen (secondary N) is 1. The van der Waals surface area contributed by atoms with E-state index in [0.29, 0.717) is 4.80 Å². The van der Waals surface area contributed by atoms with Gasteiger partial charge in [0.05, 0.1) is 10.2 Å². The zero-order valence-electron chi connectivity index (χ0n) is 11.8. The summed E-state index contributed by atoms with van der Waals surface area (Å²) in [7, 11) is 1.79. The molecule has 22 heavy (non-hydrogen) atoms. The molecule has 1 atom stereocenters. The summed E-state index contributed by atoms with van der Waals surface area (Å²) in [6, 6.07) is 7.58. The molecule has 0 radical (unpaired) electrons. The molecule has 0 aliphatic rings. The number of nitrogens with zero attached hydrogens (tertiary/aromatic N) is 2. The summed E-state index contributed by atoms with van der Waals surface area (Å²) in [5.74, 6) is -0.735. The molecular formula is C13H14F3N3O2S. The van der Waals surface area contributed by atoms with Crippen molar-refractivity contribution in [3.63, 3.8) is 0 Å². The molecule has 1 N–H and O–H groups in total. The zero-order chi connectivity index (χ0) is 16.3. The van der Waals surface area contributed by atoms with Gasteiger partial charge in [-0.3, -0.25) is 4.79 Å². The van der Waals surface area contributed by atoms with Crippen LogP contribution in [0.2, 0.25) is 0 Å². The highest BCUT2D eigenvalue weighted by atomic mass is 32.1. The minimum absolute atomic E-state index is 0.526. The fraction of sp³-hybridized carbons (Fsp3) is 0.385. The molecule has 2 aromatic rings. The second-order valence-corrected chi connectivity index (χ2v) is 5.58. The highest BCUT2D eigenvalue weighted by Gasteiger charge is 2.29. The van der Waals surface area contributed by atoms with Gasteiger partial charge >= 0.3 is 6.18 Å². The van der Waals surface area contributed by atoms with Crippen LogP contribution >= 0.6 is 11.3 Å². The Kier molecular flexibility index (Phi) is 4.87. The fourth-order valence-electron chi connectivity index (χ4n) is 1.68. The van der Waals surface area contributed by atoms with E-state index >= 15 is 0 Å². The van der Waals surface area contributed by atoms with E-state index in [1.165, 1.54) is 18.3 Å². The normalized spacial score (nSPS) is 14.3. The Morgan fingerprint density at radius 2 is 2.14 bits per heavy atom. The Hall–Kier alpha value is -1.87. The SMILES string of the molecule is C[C@H](OCC(F)(F)F)C(=O)N/N=c1/sc2ccccc2n1C. The number of alkyl halides is 3. The molecular weight excluding hydrogens is 319 g/mol. The average Bonchev–Trinajstić information content (AvgIpc) is 2.78. The van der Waals surface area contributed by atoms with E-state index in [0.717, 1.165) is 10.2 Å². The summed E-state index contributed by atoms with van der Waals surface area (Å²) in [5, 5.41) is 3.93. The summed E-state index contributed by atoms with van der Waals surface area (Å²) in [6.07, 6.45) is -5.71. The largest absolute Gasteiger partial charge is 0.411 e. The number of hydrogen-bond acceptors (Lipinski definition) is 4. The van der Waals surface area contributed by atoms with Gasteiger partial charge in [-0.1, -0.05) is 23.5 Å². The number of halogens is 3. The van der Waals surface area contributed by atoms with E-state index in [1.54, 1.807) is 11.6 Å². The van der Waals surface area contributed by atoms with Crippen molar-refractivity contribution in [3.8, 4) is 0 Å². The van der Waals surface area contributed by atoms with Crippen molar-refractivity contribution >= 4 is 27.5 Å². The number of fused-ring (bicyclic) bond motifs is 1. The van der Waals surface area contributed by atoms with Gasteiger partial charge in [-0.05, 0) is 19.1 Å². The number of benzene rings is 1. The lowest BCUT2D eigenvalue weighted by Gasteiger charge is -2.12. The number of aromatic nitrogens is 1. The molecule has 0 bridgehead atoms. The van der Waals surface area contributed by atoms with Crippen LogP contribution < -0.4 is 10.2 Å². The third-order valence-electron chi connectivity index (χ3n) is 2.84. The molecule has 1 amide bonds. The topological polar surface area (TPSA) is 55.6 Å². The molecule has 1 aromatic heterocycles. The van der Waals surface area contributed by atoms with Gasteiger partial charge in [0.25, 0.3) is 5.91 Å². The molecule has 0 saturated carbocycles. The van der Waals surface area contributed by atoms with Gasteiger partial charge in [0.1, 0.15) is 12.7 Å². The molecule has 0 saturated heterocycles. The Balaban J connectivity index is 2.06. The van der Waals surface area contributed by atoms with Crippen LogP contribution in [-0.4, -0.2) is 29.4 Å². The first kappa shape index (κ1) is 16.5. The first-order valence-corrected chi connectivity index (χ1v) is 7.16. The van der Waals surface area contributed by atoms with Gasteiger partial charge in [0, 0.05) is 7.05 Å². The van der Waals surface area contributed by atoms with Crippen LogP contribution in [0.5, 0.6) is 0 Å². The number of rotatable bonds is 4. The number of carbonyl (C=O) groups excluding carboxylic acids is 1. The van der Waals surface area contributed by atoms with Crippen molar-refractivity contribution in [1.82, 2.24) is 9.99 Å². The lowest BCUT2D eigenvalue weighted by atomic mass is 10.3. The molecule has 0 aliphatic heterocycles. The summed E-state index contributed by atoms with van der Waals surface area (Å²) >= 11 is 1.36. The van der Waals surface area contributed by atoms with Crippen LogP contribution in [0, 0.1) is 0 Å². The molecule has 0 fully saturated rings. The first-order valence-electron chi connectivity index (χ1n) is 6.34. The molecule has 2 rings (SSSR count). The Labute approximate surface area is 128 Å². The number of aryl methyl sites for hydroxylation is 1. The number of hydrogen-bond donors (Lipinski definition) is 1. The number of amides is 1. The molecule has 0 unspecified atom stereocenters. The molecule has 1 heterocycles. The predicted molar refractivity (Wildman–Crippen MR) is 76.0 cm³/mol. The summed E-state index contributed by atoms with van der Waals surface area (Å²) in [6.45, 7) is -0.236. The molecule has 0 spiro atoms. The summed E-state index contributed by atoms with van der Waals surface area (Å²) < 4.78 is 43.3.